The molecule has 0 aliphatic rings. The van der Waals surface area contributed by atoms with Crippen molar-refractivity contribution in [3.8, 4) is 0 Å². The predicted octanol–water partition coefficient (Wildman–Crippen LogP) is 0.476. The van der Waals surface area contributed by atoms with Crippen molar-refractivity contribution < 1.29 is 13.2 Å². The predicted molar refractivity (Wildman–Crippen MR) is 83.6 cm³/mol. The number of sulfonamides is 1. The Bertz CT molecular complexity index is 754. The van der Waals surface area contributed by atoms with Crippen molar-refractivity contribution in [2.45, 2.75) is 16.6 Å². The number of benzene rings is 1. The van der Waals surface area contributed by atoms with Crippen molar-refractivity contribution in [2.75, 3.05) is 5.75 Å². The van der Waals surface area contributed by atoms with Gasteiger partial charge in [-0.05, 0) is 17.7 Å². The van der Waals surface area contributed by atoms with Gasteiger partial charge in [0.05, 0.1) is 10.6 Å². The monoisotopic (exact) mass is 340 g/mol. The fourth-order valence-corrected chi connectivity index (χ4v) is 2.95. The van der Waals surface area contributed by atoms with Crippen LogP contribution in [0, 0.1) is 0 Å². The number of primary sulfonamides is 1. The van der Waals surface area contributed by atoms with Crippen molar-refractivity contribution in [3.63, 3.8) is 0 Å². The van der Waals surface area contributed by atoms with Crippen LogP contribution in [0.1, 0.15) is 5.56 Å². The van der Waals surface area contributed by atoms with Gasteiger partial charge < -0.3 is 9.88 Å². The van der Waals surface area contributed by atoms with Crippen molar-refractivity contribution in [3.05, 3.63) is 42.2 Å². The number of nitrogens with one attached hydrogen (secondary N) is 1. The molecule has 0 aliphatic carbocycles. The van der Waals surface area contributed by atoms with Gasteiger partial charge in [-0.1, -0.05) is 23.9 Å². The molecule has 2 aromatic rings. The lowest BCUT2D eigenvalue weighted by Crippen LogP contribution is -2.24. The molecule has 0 aliphatic heterocycles. The molecule has 2 rings (SSSR count). The van der Waals surface area contributed by atoms with E-state index in [1.807, 2.05) is 17.8 Å². The Morgan fingerprint density at radius 1 is 1.36 bits per heavy atom. The second-order valence-electron chi connectivity index (χ2n) is 4.58. The first-order valence-electron chi connectivity index (χ1n) is 6.35. The van der Waals surface area contributed by atoms with E-state index in [0.29, 0.717) is 6.54 Å². The molecular weight excluding hydrogens is 324 g/mol. The Hall–Kier alpha value is -1.84. The fourth-order valence-electron chi connectivity index (χ4n) is 1.67. The number of amides is 1. The third-order valence-corrected chi connectivity index (χ3v) is 4.84. The van der Waals surface area contributed by atoms with E-state index in [1.165, 1.54) is 23.9 Å². The number of rotatable bonds is 6. The highest BCUT2D eigenvalue weighted by Crippen LogP contribution is 2.14. The fraction of sp³-hybridized carbons (Fsp3) is 0.231. The molecule has 0 fully saturated rings. The molecule has 0 unspecified atom stereocenters. The average molecular weight is 340 g/mol. The van der Waals surface area contributed by atoms with Crippen LogP contribution in [0.25, 0.3) is 0 Å². The second-order valence-corrected chi connectivity index (χ2v) is 7.08. The molecule has 22 heavy (non-hydrogen) atoms. The molecule has 0 spiro atoms. The number of aromatic nitrogens is 2. The van der Waals surface area contributed by atoms with Gasteiger partial charge in [0.2, 0.25) is 15.9 Å². The Balaban J connectivity index is 1.82. The number of hydrogen-bond acceptors (Lipinski definition) is 5. The Morgan fingerprint density at radius 3 is 2.59 bits per heavy atom. The molecule has 7 nitrogen and oxygen atoms in total. The number of hydrogen-bond donors (Lipinski definition) is 2. The minimum absolute atomic E-state index is 0.0490. The summed E-state index contributed by atoms with van der Waals surface area (Å²) >= 11 is 1.35. The maximum atomic E-state index is 11.8. The van der Waals surface area contributed by atoms with E-state index in [-0.39, 0.29) is 16.6 Å². The quantitative estimate of drug-likeness (QED) is 0.744. The van der Waals surface area contributed by atoms with E-state index < -0.39 is 10.0 Å². The standard InChI is InChI=1S/C13H16N4O3S2/c1-17-7-6-15-13(17)21-9-12(18)16-8-10-2-4-11(5-3-10)22(14,19)20/h2-7H,8-9H2,1H3,(H,16,18)(H2,14,19,20). The number of nitrogens with zero attached hydrogens (tertiary/aromatic N) is 2. The molecule has 0 bridgehead atoms. The smallest absolute Gasteiger partial charge is 0.238 e. The largest absolute Gasteiger partial charge is 0.351 e. The number of carbonyl (C=O) groups is 1. The van der Waals surface area contributed by atoms with Crippen LogP contribution in [-0.4, -0.2) is 29.6 Å². The highest BCUT2D eigenvalue weighted by atomic mass is 32.2. The Labute approximate surface area is 133 Å². The molecule has 0 saturated heterocycles. The molecule has 1 heterocycles. The number of carbonyl (C=O) groups excluding carboxylic acids is 1. The van der Waals surface area contributed by atoms with Gasteiger partial charge in [0.15, 0.2) is 5.16 Å². The molecular formula is C13H16N4O3S2. The molecule has 1 aromatic carbocycles. The third-order valence-electron chi connectivity index (χ3n) is 2.85. The van der Waals surface area contributed by atoms with E-state index >= 15 is 0 Å². The lowest BCUT2D eigenvalue weighted by atomic mass is 10.2. The molecule has 3 N–H and O–H groups in total. The Kier molecular flexibility index (Phi) is 5.22. The molecule has 118 valence electrons. The van der Waals surface area contributed by atoms with E-state index in [9.17, 15) is 13.2 Å². The van der Waals surface area contributed by atoms with Crippen molar-refractivity contribution in [1.29, 1.82) is 0 Å². The third kappa shape index (κ3) is 4.58. The summed E-state index contributed by atoms with van der Waals surface area (Å²) in [5, 5.41) is 8.55. The molecule has 0 atom stereocenters. The van der Waals surface area contributed by atoms with Crippen LogP contribution in [0.3, 0.4) is 0 Å². The highest BCUT2D eigenvalue weighted by molar-refractivity contribution is 7.99. The van der Waals surface area contributed by atoms with Crippen molar-refractivity contribution in [2.24, 2.45) is 12.2 Å². The summed E-state index contributed by atoms with van der Waals surface area (Å²) in [7, 11) is -1.83. The van der Waals surface area contributed by atoms with Crippen LogP contribution in [0.4, 0.5) is 0 Å². The molecule has 1 amide bonds. The molecule has 0 radical (unpaired) electrons. The van der Waals surface area contributed by atoms with Gasteiger partial charge >= 0.3 is 0 Å². The van der Waals surface area contributed by atoms with E-state index in [2.05, 4.69) is 10.3 Å². The normalized spacial score (nSPS) is 11.4. The first kappa shape index (κ1) is 16.5. The van der Waals surface area contributed by atoms with E-state index in [0.717, 1.165) is 10.7 Å². The van der Waals surface area contributed by atoms with Crippen molar-refractivity contribution in [1.82, 2.24) is 14.9 Å². The zero-order valence-electron chi connectivity index (χ0n) is 11.9. The summed E-state index contributed by atoms with van der Waals surface area (Å²) in [6.07, 6.45) is 3.49. The maximum Gasteiger partial charge on any atom is 0.238 e. The minimum Gasteiger partial charge on any atom is -0.351 e. The van der Waals surface area contributed by atoms with E-state index in [1.54, 1.807) is 18.3 Å². The van der Waals surface area contributed by atoms with Crippen LogP contribution < -0.4 is 10.5 Å². The van der Waals surface area contributed by atoms with Crippen LogP contribution in [0.5, 0.6) is 0 Å². The van der Waals surface area contributed by atoms with Crippen LogP contribution in [0.15, 0.2) is 46.7 Å². The summed E-state index contributed by atoms with van der Waals surface area (Å²) in [5.41, 5.74) is 0.794. The SMILES string of the molecule is Cn1ccnc1SCC(=O)NCc1ccc(S(N)(=O)=O)cc1. The first-order valence-corrected chi connectivity index (χ1v) is 8.88. The van der Waals surface area contributed by atoms with Crippen LogP contribution >= 0.6 is 11.8 Å². The van der Waals surface area contributed by atoms with Gasteiger partial charge in [-0.25, -0.2) is 18.5 Å². The minimum atomic E-state index is -3.69. The summed E-state index contributed by atoms with van der Waals surface area (Å²) in [4.78, 5) is 15.9. The summed E-state index contributed by atoms with van der Waals surface area (Å²) in [6, 6.07) is 6.07. The van der Waals surface area contributed by atoms with Crippen LogP contribution in [0.2, 0.25) is 0 Å². The number of thioether (sulfide) groups is 1. The zero-order chi connectivity index (χ0) is 16.2. The van der Waals surface area contributed by atoms with Gasteiger partial charge in [0.1, 0.15) is 0 Å². The second kappa shape index (κ2) is 6.95. The molecule has 1 aromatic heterocycles. The first-order chi connectivity index (χ1) is 10.4. The number of aryl methyl sites for hydroxylation is 1. The number of imidazole rings is 1. The molecule has 0 saturated carbocycles. The van der Waals surface area contributed by atoms with Crippen molar-refractivity contribution >= 4 is 27.7 Å². The van der Waals surface area contributed by atoms with Gasteiger partial charge in [-0.2, -0.15) is 0 Å². The zero-order valence-corrected chi connectivity index (χ0v) is 13.5. The van der Waals surface area contributed by atoms with Crippen LogP contribution in [-0.2, 0) is 28.4 Å². The molecule has 9 heteroatoms. The summed E-state index contributed by atoms with van der Waals surface area (Å²) < 4.78 is 24.1. The topological polar surface area (TPSA) is 107 Å². The summed E-state index contributed by atoms with van der Waals surface area (Å²) in [5.74, 6) is 0.142. The van der Waals surface area contributed by atoms with Gasteiger partial charge in [0.25, 0.3) is 0 Å². The maximum absolute atomic E-state index is 11.8. The highest BCUT2D eigenvalue weighted by Gasteiger charge is 2.08. The van der Waals surface area contributed by atoms with Gasteiger partial charge in [-0.15, -0.1) is 0 Å². The lowest BCUT2D eigenvalue weighted by molar-refractivity contribution is -0.118. The van der Waals surface area contributed by atoms with Gasteiger partial charge in [0, 0.05) is 26.0 Å². The lowest BCUT2D eigenvalue weighted by Gasteiger charge is -2.06. The van der Waals surface area contributed by atoms with E-state index in [4.69, 9.17) is 5.14 Å². The average Bonchev–Trinajstić information content (AvgIpc) is 2.88. The number of nitrogens with two attached hydrogens (primary N) is 1. The Morgan fingerprint density at radius 2 is 2.05 bits per heavy atom. The van der Waals surface area contributed by atoms with Gasteiger partial charge in [-0.3, -0.25) is 4.79 Å². The summed E-state index contributed by atoms with van der Waals surface area (Å²) in [6.45, 7) is 0.324.